The summed E-state index contributed by atoms with van der Waals surface area (Å²) in [5.74, 6) is -5.24. The highest BCUT2D eigenvalue weighted by atomic mass is 19.4. The third-order valence-electron chi connectivity index (χ3n) is 8.50. The lowest BCUT2D eigenvalue weighted by Gasteiger charge is -2.38. The first kappa shape index (κ1) is 28.8. The zero-order valence-corrected chi connectivity index (χ0v) is 21.6. The molecule has 1 nitrogen and oxygen atoms in total. The van der Waals surface area contributed by atoms with E-state index < -0.39 is 46.5 Å². The number of benzene rings is 2. The highest BCUT2D eigenvalue weighted by Gasteiger charge is 2.38. The van der Waals surface area contributed by atoms with Crippen molar-refractivity contribution in [2.75, 3.05) is 0 Å². The Labute approximate surface area is 219 Å². The summed E-state index contributed by atoms with van der Waals surface area (Å²) in [5, 5.41) is 0. The fourth-order valence-electron chi connectivity index (χ4n) is 6.45. The van der Waals surface area contributed by atoms with E-state index in [0.29, 0.717) is 36.8 Å². The summed E-state index contributed by atoms with van der Waals surface area (Å²) in [5.41, 5.74) is -2.22. The Kier molecular flexibility index (Phi) is 9.30. The molecule has 0 N–H and O–H groups in total. The molecule has 2 aromatic rings. The quantitative estimate of drug-likeness (QED) is 0.238. The fraction of sp³-hybridized carbons (Fsp3) is 0.600. The molecule has 2 aliphatic rings. The largest absolute Gasteiger partial charge is 0.453 e. The first-order chi connectivity index (χ1) is 18.1. The third-order valence-corrected chi connectivity index (χ3v) is 8.50. The molecule has 0 aliphatic heterocycles. The number of halogens is 7. The van der Waals surface area contributed by atoms with Gasteiger partial charge in [-0.3, -0.25) is 0 Å². The van der Waals surface area contributed by atoms with Crippen molar-refractivity contribution >= 4 is 0 Å². The summed E-state index contributed by atoms with van der Waals surface area (Å²) in [6.45, 7) is 2.22. The molecule has 0 spiro atoms. The van der Waals surface area contributed by atoms with Crippen molar-refractivity contribution in [3.8, 4) is 11.5 Å². The minimum absolute atomic E-state index is 0.162. The van der Waals surface area contributed by atoms with Crippen molar-refractivity contribution in [1.82, 2.24) is 0 Å². The minimum Gasteiger partial charge on any atom is -0.453 e. The molecule has 38 heavy (non-hydrogen) atoms. The van der Waals surface area contributed by atoms with Crippen LogP contribution in [0.25, 0.3) is 0 Å². The van der Waals surface area contributed by atoms with Gasteiger partial charge in [-0.15, -0.1) is 0 Å². The predicted octanol–water partition coefficient (Wildman–Crippen LogP) is 10.5. The van der Waals surface area contributed by atoms with Crippen molar-refractivity contribution in [2.45, 2.75) is 96.1 Å². The van der Waals surface area contributed by atoms with Crippen LogP contribution < -0.4 is 4.74 Å². The van der Waals surface area contributed by atoms with Crippen LogP contribution in [0.2, 0.25) is 0 Å². The van der Waals surface area contributed by atoms with Crippen LogP contribution in [0.1, 0.15) is 101 Å². The highest BCUT2D eigenvalue weighted by molar-refractivity contribution is 5.39. The van der Waals surface area contributed by atoms with Gasteiger partial charge >= 0.3 is 6.18 Å². The van der Waals surface area contributed by atoms with Crippen LogP contribution >= 0.6 is 0 Å². The molecule has 2 saturated carbocycles. The first-order valence-corrected chi connectivity index (χ1v) is 13.7. The van der Waals surface area contributed by atoms with Crippen molar-refractivity contribution in [2.24, 2.45) is 17.8 Å². The Balaban J connectivity index is 1.39. The van der Waals surface area contributed by atoms with Crippen LogP contribution in [0.15, 0.2) is 18.2 Å². The van der Waals surface area contributed by atoms with E-state index in [1.807, 2.05) is 0 Å². The molecule has 4 rings (SSSR count). The van der Waals surface area contributed by atoms with Crippen LogP contribution in [0, 0.1) is 47.1 Å². The molecule has 2 aromatic carbocycles. The van der Waals surface area contributed by atoms with Gasteiger partial charge in [-0.2, -0.15) is 13.2 Å². The number of ether oxygens (including phenoxy) is 1. The second-order valence-electron chi connectivity index (χ2n) is 10.9. The summed E-state index contributed by atoms with van der Waals surface area (Å²) in [4.78, 5) is 0. The Morgan fingerprint density at radius 2 is 1.39 bits per heavy atom. The monoisotopic (exact) mass is 543 g/mol. The van der Waals surface area contributed by atoms with E-state index in [9.17, 15) is 26.3 Å². The maximum Gasteiger partial charge on any atom is 0.422 e. The Morgan fingerprint density at radius 3 is 1.95 bits per heavy atom. The smallest absolute Gasteiger partial charge is 0.422 e. The van der Waals surface area contributed by atoms with E-state index in [0.717, 1.165) is 24.8 Å². The lowest BCUT2D eigenvalue weighted by atomic mass is 9.68. The molecule has 0 aromatic heterocycles. The molecule has 0 amide bonds. The lowest BCUT2D eigenvalue weighted by Crippen LogP contribution is -2.26. The zero-order chi connectivity index (χ0) is 27.4. The van der Waals surface area contributed by atoms with Gasteiger partial charge in [-0.25, -0.2) is 17.6 Å². The van der Waals surface area contributed by atoms with Crippen LogP contribution in [0.3, 0.4) is 0 Å². The molecule has 209 valence electrons. The molecule has 8 heteroatoms. The van der Waals surface area contributed by atoms with Gasteiger partial charge in [0.25, 0.3) is 0 Å². The van der Waals surface area contributed by atoms with Gasteiger partial charge in [0.05, 0.1) is 0 Å². The molecule has 1 radical (unpaired) electrons. The van der Waals surface area contributed by atoms with E-state index in [4.69, 9.17) is 4.74 Å². The maximum atomic E-state index is 15.3. The van der Waals surface area contributed by atoms with Gasteiger partial charge < -0.3 is 4.74 Å². The van der Waals surface area contributed by atoms with Crippen molar-refractivity contribution in [3.63, 3.8) is 0 Å². The van der Waals surface area contributed by atoms with E-state index in [-0.39, 0.29) is 11.5 Å². The number of hydrogen-bond acceptors (Lipinski definition) is 1. The lowest BCUT2D eigenvalue weighted by molar-refractivity contribution is -0.142. The average molecular weight is 544 g/mol. The maximum absolute atomic E-state index is 15.3. The Morgan fingerprint density at radius 1 is 0.816 bits per heavy atom. The third kappa shape index (κ3) is 6.66. The topological polar surface area (TPSA) is 9.23 Å². The number of alkyl halides is 3. The molecule has 0 saturated heterocycles. The minimum atomic E-state index is -5.24. The number of unbranched alkanes of at least 4 members (excludes halogenated alkanes) is 2. The van der Waals surface area contributed by atoms with E-state index in [1.165, 1.54) is 51.4 Å². The number of hydrogen-bond donors (Lipinski definition) is 0. The normalized spacial score (nSPS) is 24.4. The van der Waals surface area contributed by atoms with Crippen molar-refractivity contribution in [1.29, 1.82) is 0 Å². The number of rotatable bonds is 8. The second kappa shape index (κ2) is 12.3. The second-order valence-corrected chi connectivity index (χ2v) is 10.9. The fourth-order valence-corrected chi connectivity index (χ4v) is 6.45. The van der Waals surface area contributed by atoms with Crippen molar-refractivity contribution < 1.29 is 35.5 Å². The summed E-state index contributed by atoms with van der Waals surface area (Å²) in [7, 11) is 0. The van der Waals surface area contributed by atoms with E-state index in [1.54, 1.807) is 0 Å². The summed E-state index contributed by atoms with van der Waals surface area (Å²) in [6.07, 6.45) is 7.83. The molecule has 2 fully saturated rings. The summed E-state index contributed by atoms with van der Waals surface area (Å²) < 4.78 is 102. The SMILES string of the molecule is CCCCC[C@H]1CC[C@H](C2CCC(c3c(F)c[c]c(Oc4cc(F)c(C(F)(F)F)c(F)c4)c3F)CC2)CC1. The van der Waals surface area contributed by atoms with E-state index >= 15 is 4.39 Å². The summed E-state index contributed by atoms with van der Waals surface area (Å²) in [6, 6.07) is 3.81. The first-order valence-electron chi connectivity index (χ1n) is 13.7. The molecular formula is C30H34F7O. The van der Waals surface area contributed by atoms with Crippen molar-refractivity contribution in [3.05, 3.63) is 58.7 Å². The van der Waals surface area contributed by atoms with Gasteiger partial charge in [0.1, 0.15) is 28.8 Å². The molecule has 2 aliphatic carbocycles. The average Bonchev–Trinajstić information content (AvgIpc) is 2.86. The van der Waals surface area contributed by atoms with Gasteiger partial charge in [-0.05, 0) is 68.3 Å². The van der Waals surface area contributed by atoms with Gasteiger partial charge in [-0.1, -0.05) is 45.4 Å². The zero-order valence-electron chi connectivity index (χ0n) is 21.6. The van der Waals surface area contributed by atoms with Crippen LogP contribution in [-0.2, 0) is 6.18 Å². The van der Waals surface area contributed by atoms with Gasteiger partial charge in [0, 0.05) is 23.8 Å². The van der Waals surface area contributed by atoms with Crippen LogP contribution in [0.4, 0.5) is 30.7 Å². The highest BCUT2D eigenvalue weighted by Crippen LogP contribution is 2.46. The van der Waals surface area contributed by atoms with Gasteiger partial charge in [0.15, 0.2) is 11.6 Å². The standard InChI is InChI=1S/C30H34F7O/c1-2-3-4-5-18-6-8-19(9-7-18)20-10-12-21(13-11-20)27-23(31)14-15-26(29(27)34)38-22-16-24(32)28(25(33)17-22)30(35,36)37/h14,16-21H,2-13H2,1H3/t18-,19-,20?,21?. The molecule has 0 bridgehead atoms. The van der Waals surface area contributed by atoms with Gasteiger partial charge in [0.2, 0.25) is 0 Å². The Hall–Kier alpha value is -2.25. The predicted molar refractivity (Wildman–Crippen MR) is 131 cm³/mol. The van der Waals surface area contributed by atoms with E-state index in [2.05, 4.69) is 13.0 Å². The summed E-state index contributed by atoms with van der Waals surface area (Å²) >= 11 is 0. The molecule has 0 unspecified atom stereocenters. The Bertz CT molecular complexity index is 1060. The van der Waals surface area contributed by atoms with Crippen LogP contribution in [-0.4, -0.2) is 0 Å². The van der Waals surface area contributed by atoms with Crippen LogP contribution in [0.5, 0.6) is 11.5 Å². The molecule has 0 heterocycles. The molecule has 0 atom stereocenters. The molecular weight excluding hydrogens is 509 g/mol.